The van der Waals surface area contributed by atoms with Crippen LogP contribution in [-0.2, 0) is 4.79 Å². The van der Waals surface area contributed by atoms with Crippen LogP contribution in [0.4, 0.5) is 0 Å². The van der Waals surface area contributed by atoms with Gasteiger partial charge in [0.05, 0.1) is 13.7 Å². The molecule has 0 spiro atoms. The summed E-state index contributed by atoms with van der Waals surface area (Å²) in [6, 6.07) is 6.11. The van der Waals surface area contributed by atoms with Crippen LogP contribution in [-0.4, -0.2) is 48.3 Å². The van der Waals surface area contributed by atoms with Crippen LogP contribution in [0.25, 0.3) is 0 Å². The molecule has 2 aliphatic carbocycles. The molecule has 0 bridgehead atoms. The molecule has 1 amide bonds. The molecule has 2 atom stereocenters. The Morgan fingerprint density at radius 2 is 2.04 bits per heavy atom. The topological polar surface area (TPSA) is 59.0 Å². The molecule has 1 N–H and O–H groups in total. The van der Waals surface area contributed by atoms with Gasteiger partial charge in [0.25, 0.3) is 5.91 Å². The molecule has 0 aromatic heterocycles. The third-order valence-corrected chi connectivity index (χ3v) is 5.81. The SMILES string of the molecule is COc1ccc(C2CN(C(=O)C3(O)CC3)CC2C)cc1OCC1CC1. The Morgan fingerprint density at radius 1 is 1.28 bits per heavy atom. The summed E-state index contributed by atoms with van der Waals surface area (Å²) in [5.41, 5.74) is 0.102. The van der Waals surface area contributed by atoms with Crippen LogP contribution in [0.3, 0.4) is 0 Å². The second-order valence-corrected chi connectivity index (χ2v) is 7.99. The molecule has 1 aromatic rings. The van der Waals surface area contributed by atoms with Crippen molar-refractivity contribution in [3.8, 4) is 11.5 Å². The van der Waals surface area contributed by atoms with E-state index < -0.39 is 5.60 Å². The van der Waals surface area contributed by atoms with E-state index >= 15 is 0 Å². The number of hydrogen-bond donors (Lipinski definition) is 1. The molecule has 0 radical (unpaired) electrons. The molecular weight excluding hydrogens is 318 g/mol. The predicted molar refractivity (Wildman–Crippen MR) is 93.9 cm³/mol. The number of likely N-dealkylation sites (tertiary alicyclic amines) is 1. The highest BCUT2D eigenvalue weighted by Crippen LogP contribution is 2.42. The molecule has 1 aromatic carbocycles. The van der Waals surface area contributed by atoms with Crippen molar-refractivity contribution in [2.24, 2.45) is 11.8 Å². The summed E-state index contributed by atoms with van der Waals surface area (Å²) in [5, 5.41) is 10.1. The highest BCUT2D eigenvalue weighted by atomic mass is 16.5. The second-order valence-electron chi connectivity index (χ2n) is 7.99. The standard InChI is InChI=1S/C20H27NO4/c1-13-10-21(19(22)20(23)7-8-20)11-16(13)15-5-6-17(24-2)18(9-15)25-12-14-3-4-14/h5-6,9,13-14,16,23H,3-4,7-8,10-12H2,1-2H3. The molecule has 3 aliphatic rings. The molecule has 2 unspecified atom stereocenters. The van der Waals surface area contributed by atoms with Gasteiger partial charge in [-0.15, -0.1) is 0 Å². The largest absolute Gasteiger partial charge is 0.493 e. The van der Waals surface area contributed by atoms with Gasteiger partial charge in [-0.1, -0.05) is 13.0 Å². The monoisotopic (exact) mass is 345 g/mol. The van der Waals surface area contributed by atoms with Crippen molar-refractivity contribution in [1.82, 2.24) is 4.90 Å². The van der Waals surface area contributed by atoms with Crippen LogP contribution >= 0.6 is 0 Å². The number of nitrogens with zero attached hydrogens (tertiary/aromatic N) is 1. The summed E-state index contributed by atoms with van der Waals surface area (Å²) in [7, 11) is 1.66. The number of aliphatic hydroxyl groups is 1. The lowest BCUT2D eigenvalue weighted by molar-refractivity contribution is -0.141. The normalized spacial score (nSPS) is 27.2. The van der Waals surface area contributed by atoms with Gasteiger partial charge in [-0.05, 0) is 55.2 Å². The lowest BCUT2D eigenvalue weighted by Gasteiger charge is -2.20. The molecule has 2 saturated carbocycles. The van der Waals surface area contributed by atoms with Crippen molar-refractivity contribution in [1.29, 1.82) is 0 Å². The fourth-order valence-corrected chi connectivity index (χ4v) is 3.72. The molecule has 5 heteroatoms. The molecule has 3 fully saturated rings. The Hall–Kier alpha value is -1.75. The zero-order chi connectivity index (χ0) is 17.6. The number of benzene rings is 1. The van der Waals surface area contributed by atoms with Crippen molar-refractivity contribution >= 4 is 5.91 Å². The van der Waals surface area contributed by atoms with E-state index in [9.17, 15) is 9.90 Å². The van der Waals surface area contributed by atoms with Crippen molar-refractivity contribution in [3.63, 3.8) is 0 Å². The predicted octanol–water partition coefficient (Wildman–Crippen LogP) is 2.57. The van der Waals surface area contributed by atoms with Gasteiger partial charge in [-0.2, -0.15) is 0 Å². The van der Waals surface area contributed by atoms with Crippen molar-refractivity contribution in [2.75, 3.05) is 26.8 Å². The summed E-state index contributed by atoms with van der Waals surface area (Å²) < 4.78 is 11.4. The van der Waals surface area contributed by atoms with E-state index in [1.807, 2.05) is 11.0 Å². The van der Waals surface area contributed by atoms with Gasteiger partial charge >= 0.3 is 0 Å². The van der Waals surface area contributed by atoms with E-state index in [-0.39, 0.29) is 11.8 Å². The summed E-state index contributed by atoms with van der Waals surface area (Å²) in [4.78, 5) is 14.3. The van der Waals surface area contributed by atoms with Crippen molar-refractivity contribution in [3.05, 3.63) is 23.8 Å². The minimum Gasteiger partial charge on any atom is -0.493 e. The zero-order valence-corrected chi connectivity index (χ0v) is 15.0. The first-order valence-electron chi connectivity index (χ1n) is 9.32. The number of hydrogen-bond acceptors (Lipinski definition) is 4. The Kier molecular flexibility index (Phi) is 4.14. The number of ether oxygens (including phenoxy) is 2. The molecular formula is C20H27NO4. The Labute approximate surface area is 148 Å². The van der Waals surface area contributed by atoms with Crippen LogP contribution in [0, 0.1) is 11.8 Å². The average molecular weight is 345 g/mol. The Balaban J connectivity index is 1.50. The Bertz CT molecular complexity index is 666. The molecule has 1 saturated heterocycles. The van der Waals surface area contributed by atoms with E-state index in [2.05, 4.69) is 19.1 Å². The lowest BCUT2D eigenvalue weighted by atomic mass is 9.90. The minimum atomic E-state index is -1.08. The molecule has 1 heterocycles. The first kappa shape index (κ1) is 16.7. The molecule has 1 aliphatic heterocycles. The van der Waals surface area contributed by atoms with Gasteiger partial charge < -0.3 is 19.5 Å². The van der Waals surface area contributed by atoms with Crippen molar-refractivity contribution in [2.45, 2.75) is 44.1 Å². The van der Waals surface area contributed by atoms with E-state index in [1.54, 1.807) is 7.11 Å². The third kappa shape index (κ3) is 3.34. The first-order valence-corrected chi connectivity index (χ1v) is 9.32. The maximum atomic E-state index is 12.4. The molecule has 4 rings (SSSR count). The van der Waals surface area contributed by atoms with E-state index in [0.29, 0.717) is 37.8 Å². The van der Waals surface area contributed by atoms with Crippen LogP contribution < -0.4 is 9.47 Å². The highest BCUT2D eigenvalue weighted by Gasteiger charge is 2.51. The van der Waals surface area contributed by atoms with E-state index in [0.717, 1.165) is 18.1 Å². The molecule has 5 nitrogen and oxygen atoms in total. The second kappa shape index (κ2) is 6.20. The highest BCUT2D eigenvalue weighted by molar-refractivity contribution is 5.88. The van der Waals surface area contributed by atoms with E-state index in [1.165, 1.54) is 18.4 Å². The molecule has 136 valence electrons. The summed E-state index contributed by atoms with van der Waals surface area (Å²) >= 11 is 0. The number of amides is 1. The van der Waals surface area contributed by atoms with Gasteiger partial charge in [0.1, 0.15) is 5.60 Å². The first-order chi connectivity index (χ1) is 12.0. The average Bonchev–Trinajstić information content (AvgIpc) is 3.53. The van der Waals surface area contributed by atoms with Crippen LogP contribution in [0.1, 0.15) is 44.1 Å². The summed E-state index contributed by atoms with van der Waals surface area (Å²) in [6.45, 7) is 4.29. The Morgan fingerprint density at radius 3 is 2.68 bits per heavy atom. The summed E-state index contributed by atoms with van der Waals surface area (Å²) in [6.07, 6.45) is 3.70. The van der Waals surface area contributed by atoms with Crippen molar-refractivity contribution < 1.29 is 19.4 Å². The van der Waals surface area contributed by atoms with Gasteiger partial charge in [-0.3, -0.25) is 4.79 Å². The number of rotatable bonds is 6. The number of methoxy groups -OCH3 is 1. The number of carbonyl (C=O) groups is 1. The quantitative estimate of drug-likeness (QED) is 0.861. The number of carbonyl (C=O) groups excluding carboxylic acids is 1. The van der Waals surface area contributed by atoms with E-state index in [4.69, 9.17) is 9.47 Å². The van der Waals surface area contributed by atoms with Crippen LogP contribution in [0.5, 0.6) is 11.5 Å². The fraction of sp³-hybridized carbons (Fsp3) is 0.650. The van der Waals surface area contributed by atoms with Gasteiger partial charge in [0.2, 0.25) is 0 Å². The smallest absolute Gasteiger partial charge is 0.254 e. The fourth-order valence-electron chi connectivity index (χ4n) is 3.72. The third-order valence-electron chi connectivity index (χ3n) is 5.81. The van der Waals surface area contributed by atoms with Gasteiger partial charge in [-0.25, -0.2) is 0 Å². The maximum absolute atomic E-state index is 12.4. The molecule has 25 heavy (non-hydrogen) atoms. The minimum absolute atomic E-state index is 0.0967. The van der Waals surface area contributed by atoms with Gasteiger partial charge in [0.15, 0.2) is 11.5 Å². The zero-order valence-electron chi connectivity index (χ0n) is 15.0. The lowest BCUT2D eigenvalue weighted by Crippen LogP contribution is -2.39. The maximum Gasteiger partial charge on any atom is 0.254 e. The summed E-state index contributed by atoms with van der Waals surface area (Å²) in [5.74, 6) is 2.77. The van der Waals surface area contributed by atoms with Crippen LogP contribution in [0.2, 0.25) is 0 Å². The van der Waals surface area contributed by atoms with Gasteiger partial charge in [0, 0.05) is 19.0 Å². The van der Waals surface area contributed by atoms with Crippen LogP contribution in [0.15, 0.2) is 18.2 Å².